The number of carbonyl (C=O) groups is 1. The van der Waals surface area contributed by atoms with Crippen LogP contribution in [0.5, 0.6) is 0 Å². The number of nitrogens with one attached hydrogen (secondary N) is 1. The molecular weight excluding hydrogens is 248 g/mol. The molecule has 0 aromatic carbocycles. The zero-order chi connectivity index (χ0) is 13.9. The normalized spacial score (nSPS) is 12.3. The van der Waals surface area contributed by atoms with E-state index in [4.69, 9.17) is 18.0 Å². The van der Waals surface area contributed by atoms with Crippen LogP contribution in [0.2, 0.25) is 0 Å². The van der Waals surface area contributed by atoms with E-state index in [-0.39, 0.29) is 16.8 Å². The number of aromatic nitrogens is 2. The molecule has 0 saturated carbocycles. The van der Waals surface area contributed by atoms with Crippen molar-refractivity contribution in [2.45, 2.75) is 27.7 Å². The summed E-state index contributed by atoms with van der Waals surface area (Å²) in [5.74, 6) is -0.445. The van der Waals surface area contributed by atoms with Gasteiger partial charge in [-0.3, -0.25) is 10.1 Å². The molecule has 1 heterocycles. The van der Waals surface area contributed by atoms with Gasteiger partial charge >= 0.3 is 0 Å². The van der Waals surface area contributed by atoms with Gasteiger partial charge in [-0.2, -0.15) is 0 Å². The second-order valence-electron chi connectivity index (χ2n) is 4.59. The molecule has 1 aromatic heterocycles. The molecule has 1 aromatic rings. The summed E-state index contributed by atoms with van der Waals surface area (Å²) in [6.07, 6.45) is 0. The Balaban J connectivity index is 2.89. The quantitative estimate of drug-likeness (QED) is 0.809. The fourth-order valence-electron chi connectivity index (χ4n) is 1.73. The van der Waals surface area contributed by atoms with E-state index in [1.807, 2.05) is 33.8 Å². The van der Waals surface area contributed by atoms with Crippen molar-refractivity contribution in [2.75, 3.05) is 5.32 Å². The van der Waals surface area contributed by atoms with Gasteiger partial charge in [-0.1, -0.05) is 26.1 Å². The maximum absolute atomic E-state index is 12.1. The van der Waals surface area contributed by atoms with Crippen molar-refractivity contribution >= 4 is 29.1 Å². The molecule has 0 aliphatic rings. The molecule has 1 atom stereocenters. The molecule has 98 valence electrons. The molecule has 5 nitrogen and oxygen atoms in total. The van der Waals surface area contributed by atoms with Crippen LogP contribution in [0.3, 0.4) is 0 Å². The van der Waals surface area contributed by atoms with Crippen molar-refractivity contribution in [3.05, 3.63) is 17.5 Å². The summed E-state index contributed by atoms with van der Waals surface area (Å²) in [6.45, 7) is 7.48. The smallest absolute Gasteiger partial charge is 0.236 e. The molecule has 0 radical (unpaired) electrons. The third-order valence-electron chi connectivity index (χ3n) is 2.47. The number of hydrogen-bond donors (Lipinski definition) is 2. The summed E-state index contributed by atoms with van der Waals surface area (Å²) in [6, 6.07) is 1.84. The molecule has 1 unspecified atom stereocenters. The Labute approximate surface area is 112 Å². The summed E-state index contributed by atoms with van der Waals surface area (Å²) >= 11 is 4.91. The van der Waals surface area contributed by atoms with E-state index < -0.39 is 5.92 Å². The van der Waals surface area contributed by atoms with Crippen LogP contribution >= 0.6 is 12.2 Å². The van der Waals surface area contributed by atoms with Crippen LogP contribution in [0.25, 0.3) is 0 Å². The maximum Gasteiger partial charge on any atom is 0.236 e. The molecule has 0 aliphatic carbocycles. The van der Waals surface area contributed by atoms with Gasteiger partial charge in [0.05, 0.1) is 10.9 Å². The Morgan fingerprint density at radius 2 is 1.83 bits per heavy atom. The third kappa shape index (κ3) is 3.73. The fourth-order valence-corrected chi connectivity index (χ4v) is 2.11. The van der Waals surface area contributed by atoms with Crippen LogP contribution in [-0.2, 0) is 4.79 Å². The van der Waals surface area contributed by atoms with E-state index in [0.29, 0.717) is 5.95 Å². The van der Waals surface area contributed by atoms with Crippen molar-refractivity contribution in [1.29, 1.82) is 0 Å². The fraction of sp³-hybridized carbons (Fsp3) is 0.500. The van der Waals surface area contributed by atoms with Crippen LogP contribution in [0.4, 0.5) is 5.95 Å². The molecular formula is C12H18N4OS. The number of nitrogens with two attached hydrogens (primary N) is 1. The summed E-state index contributed by atoms with van der Waals surface area (Å²) in [5.41, 5.74) is 7.18. The lowest BCUT2D eigenvalue weighted by atomic mass is 9.95. The summed E-state index contributed by atoms with van der Waals surface area (Å²) in [7, 11) is 0. The topological polar surface area (TPSA) is 80.9 Å². The van der Waals surface area contributed by atoms with Crippen molar-refractivity contribution in [3.63, 3.8) is 0 Å². The van der Waals surface area contributed by atoms with Gasteiger partial charge in [-0.25, -0.2) is 9.97 Å². The number of aryl methyl sites for hydroxylation is 2. The highest BCUT2D eigenvalue weighted by Crippen LogP contribution is 2.14. The highest BCUT2D eigenvalue weighted by Gasteiger charge is 2.25. The Kier molecular flexibility index (Phi) is 4.72. The molecule has 0 bridgehead atoms. The zero-order valence-corrected chi connectivity index (χ0v) is 11.8. The number of rotatable bonds is 4. The SMILES string of the molecule is Cc1cc(C)nc(NC(=O)C(C(N)=S)C(C)C)n1. The maximum atomic E-state index is 12.1. The molecule has 1 rings (SSSR count). The molecule has 3 N–H and O–H groups in total. The Morgan fingerprint density at radius 3 is 2.22 bits per heavy atom. The highest BCUT2D eigenvalue weighted by molar-refractivity contribution is 7.80. The Morgan fingerprint density at radius 1 is 1.33 bits per heavy atom. The van der Waals surface area contributed by atoms with Crippen LogP contribution in [0.15, 0.2) is 6.07 Å². The van der Waals surface area contributed by atoms with Gasteiger partial charge in [0.2, 0.25) is 11.9 Å². The van der Waals surface area contributed by atoms with Gasteiger partial charge in [0.15, 0.2) is 0 Å². The predicted octanol–water partition coefficient (Wildman–Crippen LogP) is 1.59. The van der Waals surface area contributed by atoms with Crippen LogP contribution in [0.1, 0.15) is 25.2 Å². The average Bonchev–Trinajstić information content (AvgIpc) is 2.13. The number of nitrogens with zero attached hydrogens (tertiary/aromatic N) is 2. The molecule has 0 aliphatic heterocycles. The molecule has 6 heteroatoms. The minimum atomic E-state index is -0.510. The molecule has 0 saturated heterocycles. The molecule has 0 spiro atoms. The lowest BCUT2D eigenvalue weighted by molar-refractivity contribution is -0.118. The first-order valence-corrected chi connectivity index (χ1v) is 6.14. The minimum absolute atomic E-state index is 0.0356. The van der Waals surface area contributed by atoms with Crippen LogP contribution in [0, 0.1) is 25.7 Å². The van der Waals surface area contributed by atoms with E-state index in [2.05, 4.69) is 15.3 Å². The predicted molar refractivity (Wildman–Crippen MR) is 75.2 cm³/mol. The first-order valence-electron chi connectivity index (χ1n) is 5.73. The Bertz CT molecular complexity index is 453. The minimum Gasteiger partial charge on any atom is -0.393 e. The number of anilines is 1. The molecule has 18 heavy (non-hydrogen) atoms. The van der Waals surface area contributed by atoms with Crippen molar-refractivity contribution in [1.82, 2.24) is 9.97 Å². The van der Waals surface area contributed by atoms with Crippen molar-refractivity contribution in [2.24, 2.45) is 17.6 Å². The monoisotopic (exact) mass is 266 g/mol. The summed E-state index contributed by atoms with van der Waals surface area (Å²) < 4.78 is 0. The third-order valence-corrected chi connectivity index (χ3v) is 2.73. The highest BCUT2D eigenvalue weighted by atomic mass is 32.1. The zero-order valence-electron chi connectivity index (χ0n) is 11.0. The first kappa shape index (κ1) is 14.5. The molecule has 1 amide bonds. The summed E-state index contributed by atoms with van der Waals surface area (Å²) in [4.78, 5) is 20.5. The second-order valence-corrected chi connectivity index (χ2v) is 5.06. The number of carbonyl (C=O) groups excluding carboxylic acids is 1. The summed E-state index contributed by atoms with van der Waals surface area (Å²) in [5, 5.41) is 2.66. The second kappa shape index (κ2) is 5.86. The van der Waals surface area contributed by atoms with E-state index in [9.17, 15) is 4.79 Å². The van der Waals surface area contributed by atoms with Crippen molar-refractivity contribution < 1.29 is 4.79 Å². The van der Waals surface area contributed by atoms with Crippen molar-refractivity contribution in [3.8, 4) is 0 Å². The van der Waals surface area contributed by atoms with Gasteiger partial charge in [-0.15, -0.1) is 0 Å². The first-order chi connectivity index (χ1) is 8.31. The van der Waals surface area contributed by atoms with E-state index in [0.717, 1.165) is 11.4 Å². The number of amides is 1. The number of thiocarbonyl (C=S) groups is 1. The van der Waals surface area contributed by atoms with Gasteiger partial charge < -0.3 is 5.73 Å². The molecule has 0 fully saturated rings. The Hall–Kier alpha value is -1.56. The van der Waals surface area contributed by atoms with Gasteiger partial charge in [0, 0.05) is 11.4 Å². The number of hydrogen-bond acceptors (Lipinski definition) is 4. The van der Waals surface area contributed by atoms with Crippen LogP contribution < -0.4 is 11.1 Å². The van der Waals surface area contributed by atoms with Crippen LogP contribution in [-0.4, -0.2) is 20.9 Å². The standard InChI is InChI=1S/C12H18N4OS/c1-6(2)9(10(13)18)11(17)16-12-14-7(3)5-8(4)15-12/h5-6,9H,1-4H3,(H2,13,18)(H,14,15,16,17). The largest absolute Gasteiger partial charge is 0.393 e. The lowest BCUT2D eigenvalue weighted by Gasteiger charge is -2.18. The van der Waals surface area contributed by atoms with E-state index >= 15 is 0 Å². The van der Waals surface area contributed by atoms with Gasteiger partial charge in [0.1, 0.15) is 0 Å². The lowest BCUT2D eigenvalue weighted by Crippen LogP contribution is -2.37. The van der Waals surface area contributed by atoms with Gasteiger partial charge in [-0.05, 0) is 25.8 Å². The van der Waals surface area contributed by atoms with Gasteiger partial charge in [0.25, 0.3) is 0 Å². The van der Waals surface area contributed by atoms with E-state index in [1.165, 1.54) is 0 Å². The van der Waals surface area contributed by atoms with E-state index in [1.54, 1.807) is 0 Å². The average molecular weight is 266 g/mol.